The van der Waals surface area contributed by atoms with Crippen LogP contribution in [0.5, 0.6) is 0 Å². The summed E-state index contributed by atoms with van der Waals surface area (Å²) in [6.45, 7) is 7.66. The van der Waals surface area contributed by atoms with Crippen LogP contribution < -0.4 is 15.4 Å². The molecule has 0 fully saturated rings. The van der Waals surface area contributed by atoms with Crippen LogP contribution in [0.4, 0.5) is 28.8 Å². The fraction of sp³-hybridized carbons (Fsp3) is 0.160. The Morgan fingerprint density at radius 1 is 0.647 bits per heavy atom. The molecule has 0 spiro atoms. The van der Waals surface area contributed by atoms with Crippen LogP contribution in [0, 0.1) is 27.7 Å². The number of aryl methyl sites for hydroxylation is 4. The average molecular weight is 475 g/mol. The monoisotopic (exact) mass is 474 g/mol. The van der Waals surface area contributed by atoms with E-state index in [4.69, 9.17) is 0 Å². The Bertz CT molecular complexity index is 1440. The van der Waals surface area contributed by atoms with Gasteiger partial charge in [0.1, 0.15) is 23.8 Å². The molecule has 0 saturated heterocycles. The molecule has 174 valence electrons. The Balaban J connectivity index is 1.46. The largest absolute Gasteiger partial charge is 0.340 e. The lowest BCUT2D eigenvalue weighted by Crippen LogP contribution is -2.14. The minimum atomic E-state index is -3.70. The first-order valence-electron chi connectivity index (χ1n) is 10.7. The number of nitrogens with one attached hydrogen (secondary N) is 3. The van der Waals surface area contributed by atoms with Crippen molar-refractivity contribution in [2.75, 3.05) is 15.4 Å². The normalized spacial score (nSPS) is 11.2. The van der Waals surface area contributed by atoms with Gasteiger partial charge in [-0.2, -0.15) is 0 Å². The molecule has 3 N–H and O–H groups in total. The van der Waals surface area contributed by atoms with E-state index < -0.39 is 10.0 Å². The number of pyridine rings is 1. The first kappa shape index (κ1) is 23.2. The third kappa shape index (κ3) is 5.49. The van der Waals surface area contributed by atoms with Gasteiger partial charge in [-0.3, -0.25) is 4.72 Å². The number of hydrogen-bond donors (Lipinski definition) is 3. The van der Waals surface area contributed by atoms with Crippen molar-refractivity contribution in [1.29, 1.82) is 0 Å². The SMILES string of the molecule is Cc1ccnc(Nc2cc(Nc3ccc(NS(=O)(=O)c4cc(C)c(C)cc4C)cc3)ncn2)c1. The van der Waals surface area contributed by atoms with Crippen LogP contribution in [0.3, 0.4) is 0 Å². The number of anilines is 5. The van der Waals surface area contributed by atoms with Gasteiger partial charge in [-0.15, -0.1) is 0 Å². The second-order valence-corrected chi connectivity index (χ2v) is 9.79. The third-order valence-corrected chi connectivity index (χ3v) is 6.85. The van der Waals surface area contributed by atoms with Crippen LogP contribution in [0.2, 0.25) is 0 Å². The van der Waals surface area contributed by atoms with Crippen LogP contribution in [0.25, 0.3) is 0 Å². The maximum atomic E-state index is 12.9. The maximum Gasteiger partial charge on any atom is 0.262 e. The van der Waals surface area contributed by atoms with Gasteiger partial charge in [-0.1, -0.05) is 6.07 Å². The van der Waals surface area contributed by atoms with E-state index >= 15 is 0 Å². The van der Waals surface area contributed by atoms with E-state index in [2.05, 4.69) is 30.3 Å². The molecule has 2 aromatic heterocycles. The summed E-state index contributed by atoms with van der Waals surface area (Å²) in [5.74, 6) is 1.88. The van der Waals surface area contributed by atoms with E-state index in [1.807, 2.05) is 39.0 Å². The summed E-state index contributed by atoms with van der Waals surface area (Å²) in [6.07, 6.45) is 3.18. The molecule has 0 bridgehead atoms. The van der Waals surface area contributed by atoms with Crippen molar-refractivity contribution in [3.05, 3.63) is 89.4 Å². The van der Waals surface area contributed by atoms with Gasteiger partial charge in [0.15, 0.2) is 0 Å². The van der Waals surface area contributed by atoms with E-state index in [1.54, 1.807) is 49.5 Å². The summed E-state index contributed by atoms with van der Waals surface area (Å²) in [5.41, 5.74) is 5.02. The van der Waals surface area contributed by atoms with E-state index in [1.165, 1.54) is 6.33 Å². The van der Waals surface area contributed by atoms with E-state index in [9.17, 15) is 8.42 Å². The first-order valence-corrected chi connectivity index (χ1v) is 12.2. The second-order valence-electron chi connectivity index (χ2n) is 8.14. The summed E-state index contributed by atoms with van der Waals surface area (Å²) >= 11 is 0. The van der Waals surface area contributed by atoms with Gasteiger partial charge in [-0.25, -0.2) is 23.4 Å². The molecule has 0 atom stereocenters. The summed E-state index contributed by atoms with van der Waals surface area (Å²) in [5, 5.41) is 6.35. The van der Waals surface area contributed by atoms with Crippen LogP contribution in [0.15, 0.2) is 72.0 Å². The molecule has 0 amide bonds. The number of rotatable bonds is 7. The fourth-order valence-corrected chi connectivity index (χ4v) is 4.80. The molecule has 4 aromatic rings. The lowest BCUT2D eigenvalue weighted by atomic mass is 10.1. The topological polar surface area (TPSA) is 109 Å². The quantitative estimate of drug-likeness (QED) is 0.329. The first-order chi connectivity index (χ1) is 16.2. The summed E-state index contributed by atoms with van der Waals surface area (Å²) < 4.78 is 28.5. The van der Waals surface area contributed by atoms with Crippen LogP contribution in [0.1, 0.15) is 22.3 Å². The van der Waals surface area contributed by atoms with Crippen LogP contribution in [-0.2, 0) is 10.0 Å². The van der Waals surface area contributed by atoms with Gasteiger partial charge in [0.05, 0.1) is 4.90 Å². The second kappa shape index (κ2) is 9.48. The molecule has 0 radical (unpaired) electrons. The highest BCUT2D eigenvalue weighted by molar-refractivity contribution is 7.92. The lowest BCUT2D eigenvalue weighted by molar-refractivity contribution is 0.600. The summed E-state index contributed by atoms with van der Waals surface area (Å²) in [7, 11) is -3.70. The van der Waals surface area contributed by atoms with Crippen LogP contribution >= 0.6 is 0 Å². The molecule has 2 aromatic carbocycles. The van der Waals surface area contributed by atoms with Crippen molar-refractivity contribution in [3.63, 3.8) is 0 Å². The highest BCUT2D eigenvalue weighted by Gasteiger charge is 2.18. The average Bonchev–Trinajstić information content (AvgIpc) is 2.77. The highest BCUT2D eigenvalue weighted by atomic mass is 32.2. The minimum Gasteiger partial charge on any atom is -0.340 e. The summed E-state index contributed by atoms with van der Waals surface area (Å²) in [4.78, 5) is 13.0. The zero-order chi connectivity index (χ0) is 24.3. The zero-order valence-corrected chi connectivity index (χ0v) is 20.2. The molecule has 8 nitrogen and oxygen atoms in total. The van der Waals surface area contributed by atoms with E-state index in [0.29, 0.717) is 28.7 Å². The van der Waals surface area contributed by atoms with Gasteiger partial charge in [0.25, 0.3) is 10.0 Å². The van der Waals surface area contributed by atoms with E-state index in [-0.39, 0.29) is 4.90 Å². The van der Waals surface area contributed by atoms with Gasteiger partial charge in [-0.05, 0) is 92.4 Å². The molecule has 0 unspecified atom stereocenters. The molecule has 34 heavy (non-hydrogen) atoms. The van der Waals surface area contributed by atoms with Crippen molar-refractivity contribution in [2.45, 2.75) is 32.6 Å². The Labute approximate surface area is 199 Å². The number of hydrogen-bond acceptors (Lipinski definition) is 7. The Kier molecular flexibility index (Phi) is 6.47. The zero-order valence-electron chi connectivity index (χ0n) is 19.4. The molecular weight excluding hydrogens is 448 g/mol. The molecule has 4 rings (SSSR count). The van der Waals surface area contributed by atoms with Crippen molar-refractivity contribution in [1.82, 2.24) is 15.0 Å². The molecule has 9 heteroatoms. The molecule has 2 heterocycles. The van der Waals surface area contributed by atoms with Crippen molar-refractivity contribution < 1.29 is 8.42 Å². The van der Waals surface area contributed by atoms with Gasteiger partial charge < -0.3 is 10.6 Å². The minimum absolute atomic E-state index is 0.280. The third-order valence-electron chi connectivity index (χ3n) is 5.33. The number of aromatic nitrogens is 3. The number of benzene rings is 2. The molecule has 0 saturated carbocycles. The molecule has 0 aliphatic rings. The predicted molar refractivity (Wildman–Crippen MR) is 135 cm³/mol. The van der Waals surface area contributed by atoms with Gasteiger partial charge in [0.2, 0.25) is 0 Å². The number of nitrogens with zero attached hydrogens (tertiary/aromatic N) is 3. The van der Waals surface area contributed by atoms with Crippen molar-refractivity contribution in [2.24, 2.45) is 0 Å². The molecule has 0 aliphatic carbocycles. The summed E-state index contributed by atoms with van der Waals surface area (Å²) in [6, 6.07) is 16.2. The highest BCUT2D eigenvalue weighted by Crippen LogP contribution is 2.25. The van der Waals surface area contributed by atoms with Crippen molar-refractivity contribution in [3.8, 4) is 0 Å². The Hall–Kier alpha value is -3.98. The Morgan fingerprint density at radius 2 is 1.26 bits per heavy atom. The lowest BCUT2D eigenvalue weighted by Gasteiger charge is -2.13. The molecule has 0 aliphatic heterocycles. The standard InChI is InChI=1S/C25H26N6O2S/c1-16-9-10-26-23(11-16)30-25-14-24(27-15-28-25)29-20-5-7-21(8-6-20)31-34(32,33)22-13-18(3)17(2)12-19(22)4/h5-15,31H,1-4H3,(H2,26,27,28,29,30). The molecular formula is C25H26N6O2S. The van der Waals surface area contributed by atoms with Crippen molar-refractivity contribution >= 4 is 38.9 Å². The smallest absolute Gasteiger partial charge is 0.262 e. The van der Waals surface area contributed by atoms with E-state index in [0.717, 1.165) is 22.4 Å². The fourth-order valence-electron chi connectivity index (χ4n) is 3.43. The predicted octanol–water partition coefficient (Wildman–Crippen LogP) is 5.39. The number of sulfonamides is 1. The van der Waals surface area contributed by atoms with Crippen LogP contribution in [-0.4, -0.2) is 23.4 Å². The maximum absolute atomic E-state index is 12.9. The Morgan fingerprint density at radius 3 is 1.97 bits per heavy atom. The van der Waals surface area contributed by atoms with Gasteiger partial charge >= 0.3 is 0 Å². The van der Waals surface area contributed by atoms with Gasteiger partial charge in [0, 0.05) is 23.6 Å².